The molecule has 0 radical (unpaired) electrons. The Hall–Kier alpha value is -1.23. The Balaban J connectivity index is 3.10. The van der Waals surface area contributed by atoms with Crippen LogP contribution in [0.25, 0.3) is 0 Å². The molecule has 0 saturated carbocycles. The summed E-state index contributed by atoms with van der Waals surface area (Å²) in [5.41, 5.74) is 5.39. The smallest absolute Gasteiger partial charge is 0.374 e. The van der Waals surface area contributed by atoms with Gasteiger partial charge in [-0.05, 0) is 23.6 Å². The molecule has 0 aromatic heterocycles. The summed E-state index contributed by atoms with van der Waals surface area (Å²) in [6.45, 7) is 4.65. The summed E-state index contributed by atoms with van der Waals surface area (Å²) in [7, 11) is 1.79. The number of nitrogens with zero attached hydrogens (tertiary/aromatic N) is 1. The van der Waals surface area contributed by atoms with E-state index >= 15 is 0 Å². The molecular weight excluding hydrogens is 241 g/mol. The molecule has 0 saturated heterocycles. The quantitative estimate of drug-likeness (QED) is 0.900. The molecule has 2 N–H and O–H groups in total. The van der Waals surface area contributed by atoms with Crippen LogP contribution in [0, 0.1) is 5.92 Å². The molecule has 18 heavy (non-hydrogen) atoms. The van der Waals surface area contributed by atoms with Crippen molar-refractivity contribution in [3.05, 3.63) is 29.3 Å². The number of halogens is 3. The SMILES string of the molecule is CC(C)CN(C)c1ccc(CN)c(C(F)(F)F)c1. The fraction of sp³-hybridized carbons (Fsp3) is 0.538. The lowest BCUT2D eigenvalue weighted by atomic mass is 10.1. The average Bonchev–Trinajstić information content (AvgIpc) is 2.26. The first kappa shape index (κ1) is 14.8. The maximum Gasteiger partial charge on any atom is 0.416 e. The Morgan fingerprint density at radius 1 is 1.28 bits per heavy atom. The Morgan fingerprint density at radius 2 is 1.89 bits per heavy atom. The lowest BCUT2D eigenvalue weighted by Crippen LogP contribution is -2.23. The summed E-state index contributed by atoms with van der Waals surface area (Å²) >= 11 is 0. The Labute approximate surface area is 106 Å². The first-order chi connectivity index (χ1) is 8.25. The van der Waals surface area contributed by atoms with Crippen molar-refractivity contribution in [1.82, 2.24) is 0 Å². The van der Waals surface area contributed by atoms with Gasteiger partial charge in [0.2, 0.25) is 0 Å². The van der Waals surface area contributed by atoms with Crippen LogP contribution in [0.5, 0.6) is 0 Å². The molecule has 5 heteroatoms. The maximum atomic E-state index is 12.9. The monoisotopic (exact) mass is 260 g/mol. The lowest BCUT2D eigenvalue weighted by molar-refractivity contribution is -0.138. The topological polar surface area (TPSA) is 29.3 Å². The number of alkyl halides is 3. The highest BCUT2D eigenvalue weighted by atomic mass is 19.4. The molecule has 0 unspecified atom stereocenters. The van der Waals surface area contributed by atoms with Crippen LogP contribution in [0.2, 0.25) is 0 Å². The predicted octanol–water partition coefficient (Wildman–Crippen LogP) is 3.26. The van der Waals surface area contributed by atoms with Gasteiger partial charge in [0.05, 0.1) is 5.56 Å². The highest BCUT2D eigenvalue weighted by Crippen LogP contribution is 2.34. The summed E-state index contributed by atoms with van der Waals surface area (Å²) in [6.07, 6.45) is -4.36. The molecule has 2 nitrogen and oxygen atoms in total. The second-order valence-electron chi connectivity index (χ2n) is 4.82. The first-order valence-corrected chi connectivity index (χ1v) is 5.87. The molecule has 0 spiro atoms. The van der Waals surface area contributed by atoms with Crippen molar-refractivity contribution in [3.8, 4) is 0 Å². The van der Waals surface area contributed by atoms with E-state index in [-0.39, 0.29) is 12.1 Å². The van der Waals surface area contributed by atoms with E-state index in [1.807, 2.05) is 18.7 Å². The fourth-order valence-electron chi connectivity index (χ4n) is 1.90. The van der Waals surface area contributed by atoms with E-state index in [4.69, 9.17) is 5.73 Å². The number of anilines is 1. The molecule has 1 rings (SSSR count). The van der Waals surface area contributed by atoms with E-state index in [0.717, 1.165) is 0 Å². The number of hydrogen-bond acceptors (Lipinski definition) is 2. The van der Waals surface area contributed by atoms with Crippen LogP contribution in [0.1, 0.15) is 25.0 Å². The van der Waals surface area contributed by atoms with Gasteiger partial charge in [0.15, 0.2) is 0 Å². The van der Waals surface area contributed by atoms with Crippen molar-refractivity contribution >= 4 is 5.69 Å². The van der Waals surface area contributed by atoms with Crippen molar-refractivity contribution in [3.63, 3.8) is 0 Å². The van der Waals surface area contributed by atoms with Gasteiger partial charge in [-0.2, -0.15) is 13.2 Å². The van der Waals surface area contributed by atoms with Gasteiger partial charge in [-0.3, -0.25) is 0 Å². The van der Waals surface area contributed by atoms with Gasteiger partial charge in [-0.25, -0.2) is 0 Å². The van der Waals surface area contributed by atoms with Crippen LogP contribution >= 0.6 is 0 Å². The minimum absolute atomic E-state index is 0.108. The summed E-state index contributed by atoms with van der Waals surface area (Å²) in [5, 5.41) is 0. The molecule has 0 aliphatic heterocycles. The third kappa shape index (κ3) is 3.63. The van der Waals surface area contributed by atoms with E-state index in [1.165, 1.54) is 12.1 Å². The van der Waals surface area contributed by atoms with Crippen LogP contribution in [-0.4, -0.2) is 13.6 Å². The normalized spacial score (nSPS) is 12.0. The summed E-state index contributed by atoms with van der Waals surface area (Å²) < 4.78 is 38.6. The molecule has 0 atom stereocenters. The zero-order chi connectivity index (χ0) is 13.9. The van der Waals surface area contributed by atoms with Crippen molar-refractivity contribution in [2.75, 3.05) is 18.5 Å². The van der Waals surface area contributed by atoms with E-state index in [9.17, 15) is 13.2 Å². The lowest BCUT2D eigenvalue weighted by Gasteiger charge is -2.23. The third-order valence-corrected chi connectivity index (χ3v) is 2.70. The Kier molecular flexibility index (Phi) is 4.62. The van der Waals surface area contributed by atoms with E-state index in [0.29, 0.717) is 18.2 Å². The second kappa shape index (κ2) is 5.61. The van der Waals surface area contributed by atoms with Gasteiger partial charge in [0.1, 0.15) is 0 Å². The van der Waals surface area contributed by atoms with Crippen LogP contribution in [0.15, 0.2) is 18.2 Å². The van der Waals surface area contributed by atoms with E-state index in [1.54, 1.807) is 13.1 Å². The van der Waals surface area contributed by atoms with Gasteiger partial charge in [-0.1, -0.05) is 19.9 Å². The van der Waals surface area contributed by atoms with Crippen molar-refractivity contribution in [2.24, 2.45) is 11.7 Å². The summed E-state index contributed by atoms with van der Waals surface area (Å²) in [5.74, 6) is 0.388. The zero-order valence-electron chi connectivity index (χ0n) is 10.9. The van der Waals surface area contributed by atoms with Crippen molar-refractivity contribution in [1.29, 1.82) is 0 Å². The standard InChI is InChI=1S/C13H19F3N2/c1-9(2)8-18(3)11-5-4-10(7-17)12(6-11)13(14,15)16/h4-6,9H,7-8,17H2,1-3H3. The Morgan fingerprint density at radius 3 is 2.33 bits per heavy atom. The van der Waals surface area contributed by atoms with Gasteiger partial charge < -0.3 is 10.6 Å². The molecule has 1 aromatic rings. The van der Waals surface area contributed by atoms with Crippen molar-refractivity contribution < 1.29 is 13.2 Å². The second-order valence-corrected chi connectivity index (χ2v) is 4.82. The molecule has 0 heterocycles. The summed E-state index contributed by atoms with van der Waals surface area (Å²) in [4.78, 5) is 1.82. The van der Waals surface area contributed by atoms with Crippen LogP contribution in [-0.2, 0) is 12.7 Å². The minimum atomic E-state index is -4.36. The number of hydrogen-bond donors (Lipinski definition) is 1. The molecule has 0 aliphatic carbocycles. The fourth-order valence-corrected chi connectivity index (χ4v) is 1.90. The zero-order valence-corrected chi connectivity index (χ0v) is 10.9. The Bertz CT molecular complexity index is 400. The number of rotatable bonds is 4. The van der Waals surface area contributed by atoms with Gasteiger partial charge in [0.25, 0.3) is 0 Å². The largest absolute Gasteiger partial charge is 0.416 e. The molecule has 0 bridgehead atoms. The molecule has 1 aromatic carbocycles. The molecule has 0 amide bonds. The van der Waals surface area contributed by atoms with Crippen LogP contribution in [0.3, 0.4) is 0 Å². The highest BCUT2D eigenvalue weighted by Gasteiger charge is 2.33. The summed E-state index contributed by atoms with van der Waals surface area (Å²) in [6, 6.07) is 4.30. The number of benzene rings is 1. The van der Waals surface area contributed by atoms with Crippen molar-refractivity contribution in [2.45, 2.75) is 26.6 Å². The van der Waals surface area contributed by atoms with E-state index < -0.39 is 11.7 Å². The minimum Gasteiger partial charge on any atom is -0.374 e. The number of nitrogens with two attached hydrogens (primary N) is 1. The van der Waals surface area contributed by atoms with Crippen LogP contribution in [0.4, 0.5) is 18.9 Å². The van der Waals surface area contributed by atoms with Gasteiger partial charge >= 0.3 is 6.18 Å². The maximum absolute atomic E-state index is 12.9. The third-order valence-electron chi connectivity index (χ3n) is 2.70. The van der Waals surface area contributed by atoms with Gasteiger partial charge in [0, 0.05) is 25.8 Å². The highest BCUT2D eigenvalue weighted by molar-refractivity contribution is 5.51. The van der Waals surface area contributed by atoms with Crippen LogP contribution < -0.4 is 10.6 Å². The average molecular weight is 260 g/mol. The molecular formula is C13H19F3N2. The molecule has 102 valence electrons. The molecule has 0 aliphatic rings. The van der Waals surface area contributed by atoms with E-state index in [2.05, 4.69) is 0 Å². The first-order valence-electron chi connectivity index (χ1n) is 5.87. The van der Waals surface area contributed by atoms with Gasteiger partial charge in [-0.15, -0.1) is 0 Å². The molecule has 0 fully saturated rings. The predicted molar refractivity (Wildman–Crippen MR) is 67.4 cm³/mol.